The molecule has 0 bridgehead atoms. The summed E-state index contributed by atoms with van der Waals surface area (Å²) in [6, 6.07) is 29.9. The van der Waals surface area contributed by atoms with Gasteiger partial charge in [-0.1, -0.05) is 66.4 Å². The van der Waals surface area contributed by atoms with Gasteiger partial charge in [-0.15, -0.1) is 0 Å². The van der Waals surface area contributed by atoms with Crippen molar-refractivity contribution in [2.75, 3.05) is 5.75 Å². The minimum Gasteiger partial charge on any atom is -0.489 e. The van der Waals surface area contributed by atoms with Gasteiger partial charge in [0.15, 0.2) is 5.16 Å². The van der Waals surface area contributed by atoms with E-state index in [0.29, 0.717) is 11.8 Å². The lowest BCUT2D eigenvalue weighted by atomic mass is 10.1. The number of benzene rings is 4. The molecule has 0 aliphatic heterocycles. The zero-order valence-electron chi connectivity index (χ0n) is 18.3. The van der Waals surface area contributed by atoms with Gasteiger partial charge in [0.1, 0.15) is 12.4 Å². The monoisotopic (exact) mass is 466 g/mol. The fraction of sp³-hybridized carbons (Fsp3) is 0.0741. The van der Waals surface area contributed by atoms with Crippen molar-refractivity contribution < 1.29 is 9.53 Å². The molecule has 7 heteroatoms. The highest BCUT2D eigenvalue weighted by molar-refractivity contribution is 7.99. The zero-order chi connectivity index (χ0) is 23.2. The molecule has 1 heterocycles. The average molecular weight is 467 g/mol. The van der Waals surface area contributed by atoms with Crippen molar-refractivity contribution in [1.82, 2.24) is 15.4 Å². The number of H-pyrrole nitrogens is 1. The molecule has 0 unspecified atom stereocenters. The summed E-state index contributed by atoms with van der Waals surface area (Å²) in [5.41, 5.74) is 6.39. The standard InChI is InChI=1S/C27H22N4O2S/c32-26(18-34-27-29-24-10-3-4-11-25(24)30-27)31-28-16-19-12-14-22(15-13-19)33-17-21-8-5-7-20-6-1-2-9-23(20)21/h1-16H,17-18H2,(H,29,30)(H,31,32)/b28-16-. The molecule has 5 rings (SSSR count). The quantitative estimate of drug-likeness (QED) is 0.179. The highest BCUT2D eigenvalue weighted by Gasteiger charge is 2.06. The Bertz CT molecular complexity index is 1420. The highest BCUT2D eigenvalue weighted by atomic mass is 32.2. The van der Waals surface area contributed by atoms with Gasteiger partial charge in [0.2, 0.25) is 0 Å². The number of hydrogen-bond donors (Lipinski definition) is 2. The van der Waals surface area contributed by atoms with Gasteiger partial charge in [0.05, 0.1) is 23.0 Å². The van der Waals surface area contributed by atoms with E-state index in [9.17, 15) is 4.79 Å². The molecular weight excluding hydrogens is 444 g/mol. The Hall–Kier alpha value is -4.10. The van der Waals surface area contributed by atoms with E-state index in [1.54, 1.807) is 6.21 Å². The Morgan fingerprint density at radius 2 is 1.76 bits per heavy atom. The van der Waals surface area contributed by atoms with Crippen LogP contribution >= 0.6 is 11.8 Å². The molecule has 6 nitrogen and oxygen atoms in total. The maximum absolute atomic E-state index is 12.1. The highest BCUT2D eigenvalue weighted by Crippen LogP contribution is 2.21. The molecule has 1 aromatic heterocycles. The van der Waals surface area contributed by atoms with E-state index in [0.717, 1.165) is 27.9 Å². The van der Waals surface area contributed by atoms with Crippen LogP contribution in [0.2, 0.25) is 0 Å². The molecule has 34 heavy (non-hydrogen) atoms. The van der Waals surface area contributed by atoms with Crippen molar-refractivity contribution in [3.8, 4) is 5.75 Å². The summed E-state index contributed by atoms with van der Waals surface area (Å²) in [6.45, 7) is 0.494. The molecular formula is C27H22N4O2S. The predicted molar refractivity (Wildman–Crippen MR) is 137 cm³/mol. The number of carbonyl (C=O) groups is 1. The number of amides is 1. The molecule has 168 valence electrons. The van der Waals surface area contributed by atoms with Crippen LogP contribution in [0.1, 0.15) is 11.1 Å². The number of fused-ring (bicyclic) bond motifs is 2. The molecule has 4 aromatic carbocycles. The van der Waals surface area contributed by atoms with Crippen LogP contribution in [0.15, 0.2) is 101 Å². The third kappa shape index (κ3) is 5.27. The number of nitrogens with one attached hydrogen (secondary N) is 2. The lowest BCUT2D eigenvalue weighted by Crippen LogP contribution is -2.19. The Morgan fingerprint density at radius 3 is 2.65 bits per heavy atom. The Labute approximate surface area is 201 Å². The van der Waals surface area contributed by atoms with Crippen molar-refractivity contribution in [2.45, 2.75) is 11.8 Å². The second-order valence-corrected chi connectivity index (χ2v) is 8.60. The molecule has 0 spiro atoms. The topological polar surface area (TPSA) is 79.4 Å². The number of imidazole rings is 1. The molecule has 2 N–H and O–H groups in total. The summed E-state index contributed by atoms with van der Waals surface area (Å²) in [7, 11) is 0. The molecule has 1 amide bonds. The maximum Gasteiger partial charge on any atom is 0.250 e. The third-order valence-electron chi connectivity index (χ3n) is 5.26. The van der Waals surface area contributed by atoms with Gasteiger partial charge < -0.3 is 9.72 Å². The van der Waals surface area contributed by atoms with E-state index in [1.807, 2.05) is 66.7 Å². The second-order valence-electron chi connectivity index (χ2n) is 7.64. The number of ether oxygens (including phenoxy) is 1. The Balaban J connectivity index is 1.10. The van der Waals surface area contributed by atoms with Gasteiger partial charge in [-0.05, 0) is 58.3 Å². The SMILES string of the molecule is O=C(CSc1nc2ccccc2[nH]1)N/N=C\c1ccc(OCc2cccc3ccccc23)cc1. The van der Waals surface area contributed by atoms with Crippen molar-refractivity contribution in [3.05, 3.63) is 102 Å². The number of aromatic nitrogens is 2. The van der Waals surface area contributed by atoms with Gasteiger partial charge in [-0.2, -0.15) is 5.10 Å². The van der Waals surface area contributed by atoms with E-state index in [1.165, 1.54) is 22.5 Å². The molecule has 0 aliphatic rings. The van der Waals surface area contributed by atoms with Gasteiger partial charge in [0.25, 0.3) is 5.91 Å². The molecule has 0 radical (unpaired) electrons. The summed E-state index contributed by atoms with van der Waals surface area (Å²) >= 11 is 1.34. The fourth-order valence-corrected chi connectivity index (χ4v) is 4.25. The largest absolute Gasteiger partial charge is 0.489 e. The number of nitrogens with zero attached hydrogens (tertiary/aromatic N) is 2. The number of rotatable bonds is 8. The maximum atomic E-state index is 12.1. The van der Waals surface area contributed by atoms with Gasteiger partial charge in [-0.3, -0.25) is 4.79 Å². The first-order valence-corrected chi connectivity index (χ1v) is 11.8. The first-order valence-electron chi connectivity index (χ1n) is 10.8. The van der Waals surface area contributed by atoms with Crippen LogP contribution < -0.4 is 10.2 Å². The van der Waals surface area contributed by atoms with E-state index in [2.05, 4.69) is 44.8 Å². The van der Waals surface area contributed by atoms with Crippen LogP contribution in [0.25, 0.3) is 21.8 Å². The van der Waals surface area contributed by atoms with E-state index >= 15 is 0 Å². The first-order chi connectivity index (χ1) is 16.7. The smallest absolute Gasteiger partial charge is 0.250 e. The summed E-state index contributed by atoms with van der Waals surface area (Å²) in [4.78, 5) is 19.7. The summed E-state index contributed by atoms with van der Waals surface area (Å²) in [6.07, 6.45) is 1.61. The number of carbonyl (C=O) groups excluding carboxylic acids is 1. The number of hydrogen-bond acceptors (Lipinski definition) is 5. The minimum atomic E-state index is -0.197. The molecule has 0 fully saturated rings. The lowest BCUT2D eigenvalue weighted by molar-refractivity contribution is -0.118. The normalized spacial score (nSPS) is 11.3. The van der Waals surface area contributed by atoms with Crippen molar-refractivity contribution in [3.63, 3.8) is 0 Å². The summed E-state index contributed by atoms with van der Waals surface area (Å²) in [5.74, 6) is 0.797. The van der Waals surface area contributed by atoms with Crippen molar-refractivity contribution in [2.24, 2.45) is 5.10 Å². The van der Waals surface area contributed by atoms with Crippen molar-refractivity contribution >= 4 is 45.7 Å². The molecule has 5 aromatic rings. The summed E-state index contributed by atoms with van der Waals surface area (Å²) in [5, 5.41) is 7.15. The fourth-order valence-electron chi connectivity index (χ4n) is 3.57. The molecule has 0 saturated heterocycles. The lowest BCUT2D eigenvalue weighted by Gasteiger charge is -2.09. The Kier molecular flexibility index (Phi) is 6.54. The molecule has 0 atom stereocenters. The van der Waals surface area contributed by atoms with Gasteiger partial charge >= 0.3 is 0 Å². The number of aromatic amines is 1. The van der Waals surface area contributed by atoms with Crippen LogP contribution in [0.5, 0.6) is 5.75 Å². The average Bonchev–Trinajstić information content (AvgIpc) is 3.30. The Morgan fingerprint density at radius 1 is 0.971 bits per heavy atom. The van der Waals surface area contributed by atoms with Crippen LogP contribution in [0, 0.1) is 0 Å². The van der Waals surface area contributed by atoms with Crippen molar-refractivity contribution in [1.29, 1.82) is 0 Å². The van der Waals surface area contributed by atoms with Gasteiger partial charge in [0, 0.05) is 0 Å². The first kappa shape index (κ1) is 21.7. The summed E-state index contributed by atoms with van der Waals surface area (Å²) < 4.78 is 5.97. The molecule has 0 saturated carbocycles. The number of hydrazone groups is 1. The second kappa shape index (κ2) is 10.2. The van der Waals surface area contributed by atoms with E-state index in [-0.39, 0.29) is 11.7 Å². The number of para-hydroxylation sites is 2. The van der Waals surface area contributed by atoms with Crippen LogP contribution in [-0.2, 0) is 11.4 Å². The van der Waals surface area contributed by atoms with Crippen LogP contribution in [-0.4, -0.2) is 27.8 Å². The minimum absolute atomic E-state index is 0.197. The van der Waals surface area contributed by atoms with Gasteiger partial charge in [-0.25, -0.2) is 10.4 Å². The zero-order valence-corrected chi connectivity index (χ0v) is 19.1. The number of thioether (sulfide) groups is 1. The predicted octanol–water partition coefficient (Wildman–Crippen LogP) is 5.54. The third-order valence-corrected chi connectivity index (χ3v) is 6.14. The van der Waals surface area contributed by atoms with E-state index in [4.69, 9.17) is 4.74 Å². The van der Waals surface area contributed by atoms with Crippen LogP contribution in [0.3, 0.4) is 0 Å². The van der Waals surface area contributed by atoms with Crippen LogP contribution in [0.4, 0.5) is 0 Å². The molecule has 0 aliphatic carbocycles. The van der Waals surface area contributed by atoms with E-state index < -0.39 is 0 Å².